The second-order valence-electron chi connectivity index (χ2n) is 5.52. The topological polar surface area (TPSA) is 127 Å². The molecule has 2 amide bonds. The van der Waals surface area contributed by atoms with Crippen LogP contribution in [0, 0.1) is 10.1 Å². The molecule has 0 saturated heterocycles. The number of nitrogens with one attached hydrogen (secondary N) is 2. The van der Waals surface area contributed by atoms with E-state index >= 15 is 0 Å². The molecule has 0 bridgehead atoms. The first-order chi connectivity index (χ1) is 12.3. The van der Waals surface area contributed by atoms with E-state index in [0.717, 1.165) is 6.07 Å². The first-order valence-corrected chi connectivity index (χ1v) is 7.50. The van der Waals surface area contributed by atoms with E-state index in [2.05, 4.69) is 10.9 Å². The summed E-state index contributed by atoms with van der Waals surface area (Å²) >= 11 is 0. The molecule has 2 rings (SSSR count). The SMILES string of the molecule is CN(C)c1ccc([N+](=O)[O-])cc1C(=O)NNC(=O)Cn1ccccc1=O. The number of nitro benzene ring substituents is 1. The summed E-state index contributed by atoms with van der Waals surface area (Å²) < 4.78 is 1.17. The van der Waals surface area contributed by atoms with E-state index in [0.29, 0.717) is 5.69 Å². The van der Waals surface area contributed by atoms with E-state index in [4.69, 9.17) is 0 Å². The van der Waals surface area contributed by atoms with Crippen molar-refractivity contribution < 1.29 is 14.5 Å². The minimum absolute atomic E-state index is 0.0291. The first-order valence-electron chi connectivity index (χ1n) is 7.50. The molecule has 2 aromatic rings. The zero-order chi connectivity index (χ0) is 19.3. The van der Waals surface area contributed by atoms with Crippen molar-refractivity contribution in [2.75, 3.05) is 19.0 Å². The van der Waals surface area contributed by atoms with Gasteiger partial charge in [-0.25, -0.2) is 0 Å². The lowest BCUT2D eigenvalue weighted by atomic mass is 10.1. The molecular formula is C16H17N5O5. The number of non-ortho nitro benzene ring substituents is 1. The highest BCUT2D eigenvalue weighted by Crippen LogP contribution is 2.23. The lowest BCUT2D eigenvalue weighted by Crippen LogP contribution is -2.44. The predicted octanol–water partition coefficient (Wildman–Crippen LogP) is 0.284. The third kappa shape index (κ3) is 4.44. The molecule has 0 unspecified atom stereocenters. The van der Waals surface area contributed by atoms with Crippen LogP contribution in [0.2, 0.25) is 0 Å². The van der Waals surface area contributed by atoms with Crippen molar-refractivity contribution >= 4 is 23.2 Å². The van der Waals surface area contributed by atoms with Crippen molar-refractivity contribution in [1.29, 1.82) is 0 Å². The van der Waals surface area contributed by atoms with Gasteiger partial charge in [0.05, 0.1) is 10.5 Å². The van der Waals surface area contributed by atoms with Crippen LogP contribution in [0.4, 0.5) is 11.4 Å². The Morgan fingerprint density at radius 2 is 1.92 bits per heavy atom. The number of hydrogen-bond donors (Lipinski definition) is 2. The van der Waals surface area contributed by atoms with E-state index in [1.807, 2.05) is 0 Å². The van der Waals surface area contributed by atoms with Crippen LogP contribution >= 0.6 is 0 Å². The Bertz CT molecular complexity index is 906. The standard InChI is InChI=1S/C16H17N5O5/c1-19(2)13-7-6-11(21(25)26)9-12(13)16(24)18-17-14(22)10-20-8-4-3-5-15(20)23/h3-9H,10H2,1-2H3,(H,17,22)(H,18,24). The Labute approximate surface area is 148 Å². The molecule has 0 aliphatic carbocycles. The summed E-state index contributed by atoms with van der Waals surface area (Å²) in [4.78, 5) is 47.7. The first kappa shape index (κ1) is 18.6. The molecular weight excluding hydrogens is 342 g/mol. The number of carbonyl (C=O) groups excluding carboxylic acids is 2. The van der Waals surface area contributed by atoms with Crippen molar-refractivity contribution in [3.05, 3.63) is 68.6 Å². The molecule has 0 fully saturated rings. The van der Waals surface area contributed by atoms with E-state index in [1.165, 1.54) is 29.0 Å². The number of rotatable bonds is 5. The predicted molar refractivity (Wildman–Crippen MR) is 93.7 cm³/mol. The number of carbonyl (C=O) groups is 2. The lowest BCUT2D eigenvalue weighted by Gasteiger charge is -2.17. The number of anilines is 1. The second kappa shape index (κ2) is 7.92. The largest absolute Gasteiger partial charge is 0.377 e. The van der Waals surface area contributed by atoms with Gasteiger partial charge in [0.25, 0.3) is 23.1 Å². The van der Waals surface area contributed by atoms with Crippen molar-refractivity contribution in [2.24, 2.45) is 0 Å². The number of nitrogens with zero attached hydrogens (tertiary/aromatic N) is 3. The Morgan fingerprint density at radius 1 is 1.19 bits per heavy atom. The molecule has 26 heavy (non-hydrogen) atoms. The summed E-state index contributed by atoms with van der Waals surface area (Å²) in [6.45, 7) is -0.282. The fourth-order valence-electron chi connectivity index (χ4n) is 2.19. The molecule has 10 nitrogen and oxygen atoms in total. The van der Waals surface area contributed by atoms with E-state index < -0.39 is 16.7 Å². The van der Waals surface area contributed by atoms with Gasteiger partial charge < -0.3 is 9.47 Å². The van der Waals surface area contributed by atoms with Gasteiger partial charge in [0.1, 0.15) is 6.54 Å². The number of amides is 2. The van der Waals surface area contributed by atoms with Gasteiger partial charge >= 0.3 is 0 Å². The van der Waals surface area contributed by atoms with Gasteiger partial charge in [-0.15, -0.1) is 0 Å². The Morgan fingerprint density at radius 3 is 2.54 bits per heavy atom. The molecule has 0 aliphatic rings. The van der Waals surface area contributed by atoms with Crippen LogP contribution in [0.3, 0.4) is 0 Å². The average molecular weight is 359 g/mol. The maximum atomic E-state index is 12.3. The monoisotopic (exact) mass is 359 g/mol. The fraction of sp³-hybridized carbons (Fsp3) is 0.188. The van der Waals surface area contributed by atoms with E-state index in [-0.39, 0.29) is 23.4 Å². The summed E-state index contributed by atoms with van der Waals surface area (Å²) in [5.74, 6) is -1.34. The van der Waals surface area contributed by atoms with Gasteiger partial charge in [0.2, 0.25) is 0 Å². The average Bonchev–Trinajstić information content (AvgIpc) is 2.61. The second-order valence-corrected chi connectivity index (χ2v) is 5.52. The van der Waals surface area contributed by atoms with Crippen LogP contribution in [0.5, 0.6) is 0 Å². The van der Waals surface area contributed by atoms with Crippen LogP contribution in [0.25, 0.3) is 0 Å². The number of nitro groups is 1. The van der Waals surface area contributed by atoms with Gasteiger partial charge in [0.15, 0.2) is 0 Å². The Hall–Kier alpha value is -3.69. The molecule has 1 aromatic heterocycles. The molecule has 0 saturated carbocycles. The van der Waals surface area contributed by atoms with Gasteiger partial charge in [-0.2, -0.15) is 0 Å². The summed E-state index contributed by atoms with van der Waals surface area (Å²) in [6.07, 6.45) is 1.44. The molecule has 0 aliphatic heterocycles. The molecule has 0 radical (unpaired) electrons. The van der Waals surface area contributed by atoms with Crippen molar-refractivity contribution in [3.8, 4) is 0 Å². The number of aromatic nitrogens is 1. The molecule has 1 aromatic carbocycles. The quantitative estimate of drug-likeness (QED) is 0.583. The fourth-order valence-corrected chi connectivity index (χ4v) is 2.19. The van der Waals surface area contributed by atoms with Gasteiger partial charge in [0, 0.05) is 44.2 Å². The smallest absolute Gasteiger partial charge is 0.272 e. The van der Waals surface area contributed by atoms with E-state index in [1.54, 1.807) is 31.1 Å². The van der Waals surface area contributed by atoms with Crippen molar-refractivity contribution in [2.45, 2.75) is 6.54 Å². The molecule has 10 heteroatoms. The minimum atomic E-state index is -0.717. The Balaban J connectivity index is 2.10. The summed E-state index contributed by atoms with van der Waals surface area (Å²) in [6, 6.07) is 8.30. The van der Waals surface area contributed by atoms with Crippen LogP contribution in [0.1, 0.15) is 10.4 Å². The van der Waals surface area contributed by atoms with Crippen LogP contribution in [-0.2, 0) is 11.3 Å². The van der Waals surface area contributed by atoms with Crippen LogP contribution < -0.4 is 21.3 Å². The third-order valence-corrected chi connectivity index (χ3v) is 3.45. The highest BCUT2D eigenvalue weighted by atomic mass is 16.6. The third-order valence-electron chi connectivity index (χ3n) is 3.45. The Kier molecular flexibility index (Phi) is 5.68. The van der Waals surface area contributed by atoms with Gasteiger partial charge in [-0.05, 0) is 12.1 Å². The van der Waals surface area contributed by atoms with Crippen molar-refractivity contribution in [3.63, 3.8) is 0 Å². The van der Waals surface area contributed by atoms with Gasteiger partial charge in [-0.3, -0.25) is 35.3 Å². The molecule has 0 spiro atoms. The molecule has 136 valence electrons. The zero-order valence-electron chi connectivity index (χ0n) is 14.1. The maximum Gasteiger partial charge on any atom is 0.272 e. The van der Waals surface area contributed by atoms with Crippen molar-refractivity contribution in [1.82, 2.24) is 15.4 Å². The minimum Gasteiger partial charge on any atom is -0.377 e. The zero-order valence-corrected chi connectivity index (χ0v) is 14.1. The molecule has 2 N–H and O–H groups in total. The highest BCUT2D eigenvalue weighted by molar-refractivity contribution is 6.01. The normalized spacial score (nSPS) is 10.1. The van der Waals surface area contributed by atoms with E-state index in [9.17, 15) is 24.5 Å². The van der Waals surface area contributed by atoms with Crippen LogP contribution in [-0.4, -0.2) is 35.4 Å². The number of benzene rings is 1. The summed E-state index contributed by atoms with van der Waals surface area (Å²) in [5, 5.41) is 10.9. The van der Waals surface area contributed by atoms with Crippen LogP contribution in [0.15, 0.2) is 47.4 Å². The van der Waals surface area contributed by atoms with Gasteiger partial charge in [-0.1, -0.05) is 6.07 Å². The number of hydrazine groups is 1. The molecule has 1 heterocycles. The summed E-state index contributed by atoms with van der Waals surface area (Å²) in [7, 11) is 3.36. The number of pyridine rings is 1. The number of hydrogen-bond acceptors (Lipinski definition) is 6. The highest BCUT2D eigenvalue weighted by Gasteiger charge is 2.18. The lowest BCUT2D eigenvalue weighted by molar-refractivity contribution is -0.384. The molecule has 0 atom stereocenters. The summed E-state index contributed by atoms with van der Waals surface area (Å²) in [5.41, 5.74) is 4.25. The maximum absolute atomic E-state index is 12.3.